The Morgan fingerprint density at radius 2 is 1.59 bits per heavy atom. The van der Waals surface area contributed by atoms with Gasteiger partial charge in [-0.2, -0.15) is 0 Å². The second-order valence-electron chi connectivity index (χ2n) is 11.0. The molecule has 4 atom stereocenters. The molecule has 0 aromatic heterocycles. The quantitative estimate of drug-likeness (QED) is 0.438. The summed E-state index contributed by atoms with van der Waals surface area (Å²) in [6.07, 6.45) is -0.785. The molecule has 1 aliphatic heterocycles. The van der Waals surface area contributed by atoms with E-state index in [9.17, 15) is 19.5 Å². The van der Waals surface area contributed by atoms with E-state index in [1.165, 1.54) is 4.90 Å². The standard InChI is InChI=1S/C30H40N2O7/c1-21-16-17-30(20-33,32(21)28(36)39-29(3,4)5)27(35)31-25(22(2)37-18-23-12-8-6-9-13-23)26(34)38-19-24-14-10-7-11-15-24/h6-15,21-22,25,33H,16-20H2,1-5H3,(H,31,35). The summed E-state index contributed by atoms with van der Waals surface area (Å²) in [6.45, 7) is 8.27. The van der Waals surface area contributed by atoms with E-state index in [-0.39, 0.29) is 25.7 Å². The van der Waals surface area contributed by atoms with Crippen LogP contribution in [0.3, 0.4) is 0 Å². The van der Waals surface area contributed by atoms with Crippen LogP contribution < -0.4 is 5.32 Å². The van der Waals surface area contributed by atoms with Gasteiger partial charge in [0.2, 0.25) is 5.91 Å². The third kappa shape index (κ3) is 7.80. The predicted octanol–water partition coefficient (Wildman–Crippen LogP) is 3.97. The zero-order valence-corrected chi connectivity index (χ0v) is 23.4. The second kappa shape index (κ2) is 13.1. The molecule has 3 rings (SSSR count). The average molecular weight is 541 g/mol. The topological polar surface area (TPSA) is 114 Å². The van der Waals surface area contributed by atoms with Crippen molar-refractivity contribution in [1.29, 1.82) is 0 Å². The van der Waals surface area contributed by atoms with Gasteiger partial charge in [0.25, 0.3) is 0 Å². The van der Waals surface area contributed by atoms with Crippen molar-refractivity contribution in [2.45, 2.75) is 90.0 Å². The highest BCUT2D eigenvalue weighted by molar-refractivity contribution is 5.94. The van der Waals surface area contributed by atoms with Gasteiger partial charge in [0, 0.05) is 6.04 Å². The summed E-state index contributed by atoms with van der Waals surface area (Å²) in [6, 6.07) is 17.1. The molecule has 1 heterocycles. The Morgan fingerprint density at radius 3 is 2.13 bits per heavy atom. The number of esters is 1. The lowest BCUT2D eigenvalue weighted by Crippen LogP contribution is -2.64. The van der Waals surface area contributed by atoms with Crippen molar-refractivity contribution in [2.75, 3.05) is 6.61 Å². The highest BCUT2D eigenvalue weighted by atomic mass is 16.6. The average Bonchev–Trinajstić information content (AvgIpc) is 3.26. The molecule has 1 fully saturated rings. The highest BCUT2D eigenvalue weighted by Gasteiger charge is 2.54. The Morgan fingerprint density at radius 1 is 1.03 bits per heavy atom. The van der Waals surface area contributed by atoms with E-state index < -0.39 is 47.9 Å². The number of aliphatic hydroxyl groups excluding tert-OH is 1. The van der Waals surface area contributed by atoms with E-state index >= 15 is 0 Å². The number of amides is 2. The molecule has 2 aromatic carbocycles. The Kier molecular flexibility index (Phi) is 10.1. The van der Waals surface area contributed by atoms with E-state index in [1.807, 2.05) is 60.7 Å². The first-order chi connectivity index (χ1) is 18.5. The summed E-state index contributed by atoms with van der Waals surface area (Å²) in [5.41, 5.74) is -0.694. The van der Waals surface area contributed by atoms with Crippen molar-refractivity contribution < 1.29 is 33.7 Å². The number of carbonyl (C=O) groups is 3. The van der Waals surface area contributed by atoms with Gasteiger partial charge in [0.1, 0.15) is 17.7 Å². The number of nitrogens with zero attached hydrogens (tertiary/aromatic N) is 1. The Labute approximate surface area is 230 Å². The minimum Gasteiger partial charge on any atom is -0.459 e. The predicted molar refractivity (Wildman–Crippen MR) is 145 cm³/mol. The Balaban J connectivity index is 1.82. The number of hydrogen-bond acceptors (Lipinski definition) is 7. The fourth-order valence-corrected chi connectivity index (χ4v) is 4.59. The van der Waals surface area contributed by atoms with Crippen LogP contribution in [0.25, 0.3) is 0 Å². The fourth-order valence-electron chi connectivity index (χ4n) is 4.59. The number of nitrogens with one attached hydrogen (secondary N) is 1. The van der Waals surface area contributed by atoms with Crippen molar-refractivity contribution in [1.82, 2.24) is 10.2 Å². The molecular weight excluding hydrogens is 500 g/mol. The summed E-state index contributed by atoms with van der Waals surface area (Å²) >= 11 is 0. The SMILES string of the molecule is CC(OCc1ccccc1)C(NC(=O)C1(CO)CCC(C)N1C(=O)OC(C)(C)C)C(=O)OCc1ccccc1. The molecule has 2 N–H and O–H groups in total. The number of ether oxygens (including phenoxy) is 3. The van der Waals surface area contributed by atoms with E-state index in [2.05, 4.69) is 5.32 Å². The Bertz CT molecular complexity index is 1100. The molecule has 9 nitrogen and oxygen atoms in total. The molecule has 212 valence electrons. The maximum absolute atomic E-state index is 13.8. The van der Waals surface area contributed by atoms with Crippen LogP contribution in [0.1, 0.15) is 58.6 Å². The number of aliphatic hydroxyl groups is 1. The van der Waals surface area contributed by atoms with Crippen molar-refractivity contribution in [3.05, 3.63) is 71.8 Å². The van der Waals surface area contributed by atoms with Gasteiger partial charge in [-0.3, -0.25) is 9.69 Å². The first-order valence-electron chi connectivity index (χ1n) is 13.3. The first-order valence-corrected chi connectivity index (χ1v) is 13.3. The van der Waals surface area contributed by atoms with Crippen LogP contribution >= 0.6 is 0 Å². The maximum Gasteiger partial charge on any atom is 0.411 e. The van der Waals surface area contributed by atoms with E-state index in [0.29, 0.717) is 6.42 Å². The molecule has 0 aliphatic carbocycles. The number of benzene rings is 2. The molecule has 9 heteroatoms. The number of rotatable bonds is 10. The van der Waals surface area contributed by atoms with Gasteiger partial charge in [-0.25, -0.2) is 9.59 Å². The molecule has 1 saturated heterocycles. The molecule has 0 bridgehead atoms. The van der Waals surface area contributed by atoms with Gasteiger partial charge in [-0.05, 0) is 58.6 Å². The highest BCUT2D eigenvalue weighted by Crippen LogP contribution is 2.36. The van der Waals surface area contributed by atoms with Crippen LogP contribution in [0.15, 0.2) is 60.7 Å². The van der Waals surface area contributed by atoms with Crippen molar-refractivity contribution in [3.8, 4) is 0 Å². The number of carbonyl (C=O) groups excluding carboxylic acids is 3. The van der Waals surface area contributed by atoms with Gasteiger partial charge < -0.3 is 24.6 Å². The largest absolute Gasteiger partial charge is 0.459 e. The fraction of sp³-hybridized carbons (Fsp3) is 0.500. The van der Waals surface area contributed by atoms with Crippen LogP contribution in [-0.4, -0.2) is 63.9 Å². The van der Waals surface area contributed by atoms with Gasteiger partial charge in [0.15, 0.2) is 6.04 Å². The molecule has 2 aromatic rings. The summed E-state index contributed by atoms with van der Waals surface area (Å²) < 4.78 is 17.1. The minimum absolute atomic E-state index is 0.0175. The van der Waals surface area contributed by atoms with Gasteiger partial charge in [-0.1, -0.05) is 60.7 Å². The second-order valence-corrected chi connectivity index (χ2v) is 11.0. The van der Waals surface area contributed by atoms with Crippen molar-refractivity contribution in [3.63, 3.8) is 0 Å². The van der Waals surface area contributed by atoms with Crippen LogP contribution in [0.5, 0.6) is 0 Å². The van der Waals surface area contributed by atoms with Crippen LogP contribution in [-0.2, 0) is 37.0 Å². The zero-order chi connectivity index (χ0) is 28.6. The maximum atomic E-state index is 13.8. The minimum atomic E-state index is -1.60. The smallest absolute Gasteiger partial charge is 0.411 e. The third-order valence-electron chi connectivity index (χ3n) is 6.74. The first kappa shape index (κ1) is 30.1. The molecular formula is C30H40N2O7. The molecule has 39 heavy (non-hydrogen) atoms. The van der Waals surface area contributed by atoms with Crippen LogP contribution in [0, 0.1) is 0 Å². The number of likely N-dealkylation sites (tertiary alicyclic amines) is 1. The van der Waals surface area contributed by atoms with Crippen LogP contribution in [0.2, 0.25) is 0 Å². The Hall–Kier alpha value is -3.43. The monoisotopic (exact) mass is 540 g/mol. The third-order valence-corrected chi connectivity index (χ3v) is 6.74. The lowest BCUT2D eigenvalue weighted by molar-refractivity contribution is -0.155. The normalized spacial score (nSPS) is 20.7. The molecule has 2 amide bonds. The van der Waals surface area contributed by atoms with Crippen molar-refractivity contribution in [2.24, 2.45) is 0 Å². The molecule has 0 radical (unpaired) electrons. The van der Waals surface area contributed by atoms with E-state index in [0.717, 1.165) is 11.1 Å². The van der Waals surface area contributed by atoms with E-state index in [4.69, 9.17) is 14.2 Å². The van der Waals surface area contributed by atoms with Gasteiger partial charge in [-0.15, -0.1) is 0 Å². The van der Waals surface area contributed by atoms with Gasteiger partial charge in [0.05, 0.1) is 19.3 Å². The summed E-state index contributed by atoms with van der Waals surface area (Å²) in [5.74, 6) is -1.35. The molecule has 0 spiro atoms. The van der Waals surface area contributed by atoms with Gasteiger partial charge >= 0.3 is 12.1 Å². The molecule has 4 unspecified atom stereocenters. The van der Waals surface area contributed by atoms with Crippen molar-refractivity contribution >= 4 is 18.0 Å². The summed E-state index contributed by atoms with van der Waals surface area (Å²) in [5, 5.41) is 13.2. The summed E-state index contributed by atoms with van der Waals surface area (Å²) in [7, 11) is 0. The van der Waals surface area contributed by atoms with E-state index in [1.54, 1.807) is 34.6 Å². The molecule has 1 aliphatic rings. The summed E-state index contributed by atoms with van der Waals surface area (Å²) in [4.78, 5) is 41.5. The number of hydrogen-bond donors (Lipinski definition) is 2. The zero-order valence-electron chi connectivity index (χ0n) is 23.4. The molecule has 0 saturated carbocycles. The lowest BCUT2D eigenvalue weighted by atomic mass is 9.95. The lowest BCUT2D eigenvalue weighted by Gasteiger charge is -2.39. The van der Waals surface area contributed by atoms with Crippen LogP contribution in [0.4, 0.5) is 4.79 Å².